The molecule has 1 aliphatic rings. The number of halogens is 6. The molecule has 0 N–H and O–H groups in total. The van der Waals surface area contributed by atoms with Crippen LogP contribution in [0.3, 0.4) is 0 Å². The van der Waals surface area contributed by atoms with Crippen LogP contribution in [0.25, 0.3) is 72.3 Å². The summed E-state index contributed by atoms with van der Waals surface area (Å²) in [5.41, 5.74) is 7.03. The molecule has 1 aliphatic carbocycles. The molecular weight excluding hydrogens is 823 g/mol. The largest absolute Gasteiger partial charge is 0.455 e. The van der Waals surface area contributed by atoms with E-state index in [1.165, 1.54) is 0 Å². The summed E-state index contributed by atoms with van der Waals surface area (Å²) in [5, 5.41) is 21.4. The zero-order valence-electron chi connectivity index (χ0n) is 36.4. The topological polar surface area (TPSA) is 78.5 Å². The van der Waals surface area contributed by atoms with Gasteiger partial charge in [0, 0.05) is 12.1 Å². The number of imidazole rings is 1. The molecule has 0 spiro atoms. The minimum atomic E-state index is -5.46. The lowest BCUT2D eigenvalue weighted by molar-refractivity contribution is -0.350. The maximum atomic E-state index is 13.9. The third kappa shape index (κ3) is 6.99. The van der Waals surface area contributed by atoms with Crippen LogP contribution in [0, 0.1) is 28.1 Å². The van der Waals surface area contributed by atoms with Crippen LogP contribution in [0.1, 0.15) is 100 Å². The van der Waals surface area contributed by atoms with Crippen molar-refractivity contribution >= 4 is 33.0 Å². The second-order valence-corrected chi connectivity index (χ2v) is 17.3. The summed E-state index contributed by atoms with van der Waals surface area (Å²) in [6.07, 6.45) is -14.5. The Bertz CT molecular complexity index is 3200. The number of aromatic nitrogens is 2. The summed E-state index contributed by atoms with van der Waals surface area (Å²) in [7, 11) is 0. The van der Waals surface area contributed by atoms with Gasteiger partial charge < -0.3 is 4.42 Å². The molecule has 9 rings (SSSR count). The van der Waals surface area contributed by atoms with Crippen molar-refractivity contribution < 1.29 is 32.1 Å². The fourth-order valence-corrected chi connectivity index (χ4v) is 9.44. The maximum Gasteiger partial charge on any atom is 0.403 e. The highest BCUT2D eigenvalue weighted by Crippen LogP contribution is 2.60. The van der Waals surface area contributed by atoms with Crippen molar-refractivity contribution in [3.8, 4) is 51.5 Å². The average molecular weight is 866 g/mol. The number of hydrogen-bond donors (Lipinski definition) is 0. The number of rotatable bonds is 7. The molecule has 0 amide bonds. The van der Waals surface area contributed by atoms with Crippen LogP contribution in [0.5, 0.6) is 0 Å². The van der Waals surface area contributed by atoms with Gasteiger partial charge in [0.2, 0.25) is 0 Å². The molecule has 0 saturated heterocycles. The van der Waals surface area contributed by atoms with Crippen molar-refractivity contribution in [3.05, 3.63) is 143 Å². The van der Waals surface area contributed by atoms with E-state index in [1.807, 2.05) is 60.7 Å². The zero-order chi connectivity index (χ0) is 46.2. The molecule has 0 radical (unpaired) electrons. The number of para-hydroxylation sites is 3. The van der Waals surface area contributed by atoms with Crippen LogP contribution >= 0.6 is 0 Å². The summed E-state index contributed by atoms with van der Waals surface area (Å²) < 4.78 is 101. The number of fused-ring (bicyclic) bond motifs is 4. The SMILES string of the molecule is [2H]C1(c2ccc(-c3cc(C(C)C)c(-n4c(-c5cccc6c5oc5cc(-c7cccc(C#N)c7)cc(C#N)c56)nc5ccccc54)c(C(C)C)c3)cc2)CCC(C(F)(F)F)(C(F)(F)F)CC1. The Kier molecular flexibility index (Phi) is 10.1. The van der Waals surface area contributed by atoms with Gasteiger partial charge in [-0.1, -0.05) is 88.4 Å². The van der Waals surface area contributed by atoms with E-state index in [-0.39, 0.29) is 11.8 Å². The van der Waals surface area contributed by atoms with Gasteiger partial charge in [0.05, 0.1) is 45.5 Å². The van der Waals surface area contributed by atoms with Crippen LogP contribution in [-0.2, 0) is 0 Å². The van der Waals surface area contributed by atoms with Crippen molar-refractivity contribution in [2.45, 2.75) is 83.5 Å². The quantitative estimate of drug-likeness (QED) is 0.150. The Morgan fingerprint density at radius 1 is 0.719 bits per heavy atom. The lowest BCUT2D eigenvalue weighted by atomic mass is 9.68. The van der Waals surface area contributed by atoms with E-state index in [4.69, 9.17) is 10.8 Å². The maximum absolute atomic E-state index is 13.9. The van der Waals surface area contributed by atoms with Crippen molar-refractivity contribution in [2.24, 2.45) is 5.41 Å². The summed E-state index contributed by atoms with van der Waals surface area (Å²) in [6, 6.07) is 40.3. The molecule has 2 aromatic heterocycles. The van der Waals surface area contributed by atoms with Gasteiger partial charge in [-0.3, -0.25) is 4.57 Å². The molecule has 1 saturated carbocycles. The average Bonchev–Trinajstić information content (AvgIpc) is 3.86. The first-order valence-corrected chi connectivity index (χ1v) is 21.2. The molecule has 0 unspecified atom stereocenters. The van der Waals surface area contributed by atoms with Crippen LogP contribution in [0.15, 0.2) is 120 Å². The van der Waals surface area contributed by atoms with E-state index >= 15 is 0 Å². The summed E-state index contributed by atoms with van der Waals surface area (Å²) in [5.74, 6) is -0.977. The number of hydrogen-bond acceptors (Lipinski definition) is 4. The van der Waals surface area contributed by atoms with E-state index in [9.17, 15) is 36.9 Å². The fraction of sp³-hybridized carbons (Fsp3) is 0.264. The van der Waals surface area contributed by atoms with Gasteiger partial charge in [-0.05, 0) is 137 Å². The Morgan fingerprint density at radius 3 is 1.98 bits per heavy atom. The number of nitriles is 2. The van der Waals surface area contributed by atoms with Crippen LogP contribution < -0.4 is 0 Å². The van der Waals surface area contributed by atoms with Gasteiger partial charge in [-0.25, -0.2) is 4.98 Å². The first-order chi connectivity index (χ1) is 30.9. The van der Waals surface area contributed by atoms with Crippen molar-refractivity contribution in [2.75, 3.05) is 0 Å². The third-order valence-electron chi connectivity index (χ3n) is 12.9. The summed E-state index contributed by atoms with van der Waals surface area (Å²) in [6.45, 7) is 8.43. The first-order valence-electron chi connectivity index (χ1n) is 21.7. The van der Waals surface area contributed by atoms with Crippen LogP contribution in [0.4, 0.5) is 26.3 Å². The lowest BCUT2D eigenvalue weighted by Gasteiger charge is -2.42. The van der Waals surface area contributed by atoms with Crippen LogP contribution in [-0.4, -0.2) is 21.9 Å². The molecule has 0 atom stereocenters. The highest BCUT2D eigenvalue weighted by Gasteiger charge is 2.70. The van der Waals surface area contributed by atoms with Crippen LogP contribution in [0.2, 0.25) is 0 Å². The smallest absolute Gasteiger partial charge is 0.403 e. The van der Waals surface area contributed by atoms with Gasteiger partial charge in [0.1, 0.15) is 17.0 Å². The number of furan rings is 1. The van der Waals surface area contributed by atoms with Crippen molar-refractivity contribution in [1.29, 1.82) is 10.5 Å². The molecule has 64 heavy (non-hydrogen) atoms. The molecule has 0 aliphatic heterocycles. The lowest BCUT2D eigenvalue weighted by Crippen LogP contribution is -2.51. The van der Waals surface area contributed by atoms with Gasteiger partial charge in [-0.2, -0.15) is 36.9 Å². The van der Waals surface area contributed by atoms with Gasteiger partial charge in [-0.15, -0.1) is 0 Å². The number of alkyl halides is 6. The molecule has 0 bridgehead atoms. The molecule has 322 valence electrons. The predicted octanol–water partition coefficient (Wildman–Crippen LogP) is 15.7. The second kappa shape index (κ2) is 15.7. The molecule has 1 fully saturated rings. The Hall–Kier alpha value is -6.85. The number of benzene rings is 6. The molecule has 8 aromatic rings. The molecule has 5 nitrogen and oxygen atoms in total. The third-order valence-corrected chi connectivity index (χ3v) is 12.9. The number of nitrogens with zero attached hydrogens (tertiary/aromatic N) is 4. The minimum absolute atomic E-state index is 0.00449. The highest BCUT2D eigenvalue weighted by molar-refractivity contribution is 6.12. The Morgan fingerprint density at radius 2 is 1.36 bits per heavy atom. The zero-order valence-corrected chi connectivity index (χ0v) is 35.4. The first kappa shape index (κ1) is 41.2. The van der Waals surface area contributed by atoms with E-state index in [0.717, 1.165) is 55.5 Å². The van der Waals surface area contributed by atoms with E-state index in [1.54, 1.807) is 42.5 Å². The van der Waals surface area contributed by atoms with E-state index < -0.39 is 49.3 Å². The Balaban J connectivity index is 1.17. The Labute approximate surface area is 367 Å². The van der Waals surface area contributed by atoms with Gasteiger partial charge >= 0.3 is 12.4 Å². The van der Waals surface area contributed by atoms with Crippen molar-refractivity contribution in [1.82, 2.24) is 9.55 Å². The second-order valence-electron chi connectivity index (χ2n) is 17.3. The molecular formula is C53H42F6N4O. The molecule has 11 heteroatoms. The predicted molar refractivity (Wildman–Crippen MR) is 238 cm³/mol. The highest BCUT2D eigenvalue weighted by atomic mass is 19.4. The van der Waals surface area contributed by atoms with E-state index in [2.05, 4.69) is 56.5 Å². The minimum Gasteiger partial charge on any atom is -0.455 e. The van der Waals surface area contributed by atoms with E-state index in [0.29, 0.717) is 44.6 Å². The van der Waals surface area contributed by atoms with Gasteiger partial charge in [0.25, 0.3) is 0 Å². The standard InChI is InChI=1S/C53H42F6N4O/c1-30(2)42-25-38(34-17-15-33(16-18-34)35-19-21-51(22-20-35,52(54,55)56)53(57,58)59)26-43(31(3)4)48(42)63-45-14-6-5-13-44(45)62-50(63)41-12-8-11-40-47-39(29-61)24-37(27-46(47)64-49(40)41)36-10-7-9-32(23-36)28-60/h5-18,23-27,30-31,35H,19-22H2,1-4H3/i35D. The monoisotopic (exact) mass is 865 g/mol. The summed E-state index contributed by atoms with van der Waals surface area (Å²) >= 11 is 0. The molecule has 6 aromatic carbocycles. The van der Waals surface area contributed by atoms with Crippen molar-refractivity contribution in [3.63, 3.8) is 0 Å². The normalized spacial score (nSPS) is 15.5. The summed E-state index contributed by atoms with van der Waals surface area (Å²) in [4.78, 5) is 5.25. The molecule has 2 heterocycles. The van der Waals surface area contributed by atoms with Gasteiger partial charge in [0.15, 0.2) is 5.41 Å². The fourth-order valence-electron chi connectivity index (χ4n) is 9.44.